The smallest absolute Gasteiger partial charge is 0.232 e. The second kappa shape index (κ2) is 4.59. The Labute approximate surface area is 93.3 Å². The molecule has 1 aromatic rings. The minimum absolute atomic E-state index is 0. The van der Waals surface area contributed by atoms with Crippen molar-refractivity contribution in [1.82, 2.24) is 0 Å². The van der Waals surface area contributed by atoms with E-state index in [0.717, 1.165) is 5.56 Å². The Morgan fingerprint density at radius 3 is 2.87 bits per heavy atom. The van der Waals surface area contributed by atoms with Gasteiger partial charge in [-0.05, 0) is 36.7 Å². The minimum atomic E-state index is -0.317. The number of fused-ring (bicyclic) bond motifs is 1. The summed E-state index contributed by atoms with van der Waals surface area (Å²) in [7, 11) is 0. The molecule has 1 aromatic carbocycles. The number of anilines is 1. The molecule has 0 bridgehead atoms. The lowest BCUT2D eigenvalue weighted by molar-refractivity contribution is -0.117. The molecule has 3 N–H and O–H groups in total. The SMILES string of the molecule is Cl.NCCC1C(=O)Nc2ccc(F)cc21. The first-order valence-corrected chi connectivity index (χ1v) is 4.52. The van der Waals surface area contributed by atoms with Gasteiger partial charge in [0.2, 0.25) is 5.91 Å². The highest BCUT2D eigenvalue weighted by molar-refractivity contribution is 6.02. The number of hydrogen-bond acceptors (Lipinski definition) is 2. The number of halogens is 2. The summed E-state index contributed by atoms with van der Waals surface area (Å²) < 4.78 is 12.9. The van der Waals surface area contributed by atoms with E-state index >= 15 is 0 Å². The van der Waals surface area contributed by atoms with E-state index in [0.29, 0.717) is 18.7 Å². The molecule has 1 amide bonds. The number of carbonyl (C=O) groups is 1. The molecule has 2 rings (SSSR count). The van der Waals surface area contributed by atoms with Crippen molar-refractivity contribution in [3.8, 4) is 0 Å². The molecular weight excluding hydrogens is 219 g/mol. The molecule has 0 aromatic heterocycles. The second-order valence-corrected chi connectivity index (χ2v) is 3.35. The van der Waals surface area contributed by atoms with E-state index in [9.17, 15) is 9.18 Å². The molecule has 1 unspecified atom stereocenters. The van der Waals surface area contributed by atoms with E-state index in [1.807, 2.05) is 0 Å². The van der Waals surface area contributed by atoms with Crippen LogP contribution in [0.2, 0.25) is 0 Å². The summed E-state index contributed by atoms with van der Waals surface area (Å²) in [5, 5.41) is 2.70. The normalized spacial score (nSPS) is 18.0. The van der Waals surface area contributed by atoms with Gasteiger partial charge in [-0.3, -0.25) is 4.79 Å². The van der Waals surface area contributed by atoms with Crippen LogP contribution in [0.3, 0.4) is 0 Å². The Hall–Kier alpha value is -1.13. The fourth-order valence-corrected chi connectivity index (χ4v) is 1.75. The number of hydrogen-bond donors (Lipinski definition) is 2. The second-order valence-electron chi connectivity index (χ2n) is 3.35. The first kappa shape index (κ1) is 11.9. The van der Waals surface area contributed by atoms with Crippen LogP contribution in [0.4, 0.5) is 10.1 Å². The van der Waals surface area contributed by atoms with Crippen molar-refractivity contribution in [3.05, 3.63) is 29.6 Å². The summed E-state index contributed by atoms with van der Waals surface area (Å²) in [6, 6.07) is 4.32. The van der Waals surface area contributed by atoms with Crippen LogP contribution in [0.25, 0.3) is 0 Å². The molecule has 3 nitrogen and oxygen atoms in total. The summed E-state index contributed by atoms with van der Waals surface area (Å²) in [6.45, 7) is 0.425. The lowest BCUT2D eigenvalue weighted by Gasteiger charge is -2.05. The monoisotopic (exact) mass is 230 g/mol. The van der Waals surface area contributed by atoms with Crippen LogP contribution in [-0.2, 0) is 4.79 Å². The van der Waals surface area contributed by atoms with Gasteiger partial charge in [0.15, 0.2) is 0 Å². The van der Waals surface area contributed by atoms with Crippen molar-refractivity contribution < 1.29 is 9.18 Å². The molecule has 0 fully saturated rings. The molecule has 82 valence electrons. The highest BCUT2D eigenvalue weighted by atomic mass is 35.5. The first-order valence-electron chi connectivity index (χ1n) is 4.52. The molecule has 0 saturated carbocycles. The van der Waals surface area contributed by atoms with Gasteiger partial charge in [-0.25, -0.2) is 4.39 Å². The van der Waals surface area contributed by atoms with Crippen molar-refractivity contribution in [2.24, 2.45) is 5.73 Å². The fraction of sp³-hybridized carbons (Fsp3) is 0.300. The Morgan fingerprint density at radius 1 is 1.47 bits per heavy atom. The van der Waals surface area contributed by atoms with Crippen LogP contribution in [0, 0.1) is 5.82 Å². The molecule has 1 aliphatic rings. The van der Waals surface area contributed by atoms with Crippen molar-refractivity contribution in [1.29, 1.82) is 0 Å². The molecule has 0 radical (unpaired) electrons. The molecule has 1 atom stereocenters. The highest BCUT2D eigenvalue weighted by Gasteiger charge is 2.29. The molecule has 1 aliphatic heterocycles. The van der Waals surface area contributed by atoms with Crippen molar-refractivity contribution in [2.45, 2.75) is 12.3 Å². The van der Waals surface area contributed by atoms with Gasteiger partial charge in [-0.15, -0.1) is 12.4 Å². The zero-order chi connectivity index (χ0) is 10.1. The van der Waals surface area contributed by atoms with E-state index in [4.69, 9.17) is 5.73 Å². The quantitative estimate of drug-likeness (QED) is 0.812. The van der Waals surface area contributed by atoms with Gasteiger partial charge < -0.3 is 11.1 Å². The topological polar surface area (TPSA) is 55.1 Å². The molecule has 0 saturated heterocycles. The van der Waals surface area contributed by atoms with E-state index < -0.39 is 0 Å². The van der Waals surface area contributed by atoms with Gasteiger partial charge in [0, 0.05) is 5.69 Å². The summed E-state index contributed by atoms with van der Waals surface area (Å²) in [6.07, 6.45) is 0.558. The third kappa shape index (κ3) is 2.11. The van der Waals surface area contributed by atoms with E-state index in [1.165, 1.54) is 12.1 Å². The molecule has 1 heterocycles. The van der Waals surface area contributed by atoms with Crippen molar-refractivity contribution >= 4 is 24.0 Å². The number of rotatable bonds is 2. The van der Waals surface area contributed by atoms with Gasteiger partial charge in [-0.2, -0.15) is 0 Å². The van der Waals surface area contributed by atoms with Gasteiger partial charge in [0.1, 0.15) is 5.82 Å². The Bertz CT molecular complexity index is 384. The summed E-state index contributed by atoms with van der Waals surface area (Å²) >= 11 is 0. The number of nitrogens with two attached hydrogens (primary N) is 1. The fourth-order valence-electron chi connectivity index (χ4n) is 1.75. The van der Waals surface area contributed by atoms with Crippen LogP contribution in [0.15, 0.2) is 18.2 Å². The lowest BCUT2D eigenvalue weighted by atomic mass is 9.97. The molecular formula is C10H12ClFN2O. The van der Waals surface area contributed by atoms with Crippen molar-refractivity contribution in [2.75, 3.05) is 11.9 Å². The van der Waals surface area contributed by atoms with Crippen molar-refractivity contribution in [3.63, 3.8) is 0 Å². The largest absolute Gasteiger partial charge is 0.330 e. The Kier molecular flexibility index (Phi) is 3.66. The molecule has 0 aliphatic carbocycles. The lowest BCUT2D eigenvalue weighted by Crippen LogP contribution is -2.15. The Balaban J connectivity index is 0.00000112. The number of amides is 1. The molecule has 0 spiro atoms. The van der Waals surface area contributed by atoms with Gasteiger partial charge >= 0.3 is 0 Å². The van der Waals surface area contributed by atoms with Crippen LogP contribution in [0.1, 0.15) is 17.9 Å². The van der Waals surface area contributed by atoms with E-state index in [1.54, 1.807) is 6.07 Å². The number of benzene rings is 1. The predicted molar refractivity (Wildman–Crippen MR) is 58.7 cm³/mol. The minimum Gasteiger partial charge on any atom is -0.330 e. The maximum Gasteiger partial charge on any atom is 0.232 e. The third-order valence-corrected chi connectivity index (χ3v) is 2.42. The summed E-state index contributed by atoms with van der Waals surface area (Å²) in [4.78, 5) is 11.4. The zero-order valence-electron chi connectivity index (χ0n) is 8.00. The third-order valence-electron chi connectivity index (χ3n) is 2.42. The zero-order valence-corrected chi connectivity index (χ0v) is 8.81. The van der Waals surface area contributed by atoms with Gasteiger partial charge in [0.05, 0.1) is 5.92 Å². The maximum atomic E-state index is 12.9. The maximum absolute atomic E-state index is 12.9. The van der Waals surface area contributed by atoms with Crippen LogP contribution >= 0.6 is 12.4 Å². The molecule has 15 heavy (non-hydrogen) atoms. The highest BCUT2D eigenvalue weighted by Crippen LogP contribution is 2.34. The number of nitrogens with one attached hydrogen (secondary N) is 1. The average Bonchev–Trinajstić information content (AvgIpc) is 2.45. The van der Waals surface area contributed by atoms with E-state index in [2.05, 4.69) is 5.32 Å². The summed E-state index contributed by atoms with van der Waals surface area (Å²) in [5.41, 5.74) is 6.82. The average molecular weight is 231 g/mol. The molecule has 5 heteroatoms. The van der Waals surface area contributed by atoms with Crippen LogP contribution in [-0.4, -0.2) is 12.5 Å². The van der Waals surface area contributed by atoms with Crippen LogP contribution in [0.5, 0.6) is 0 Å². The van der Waals surface area contributed by atoms with Gasteiger partial charge in [0.25, 0.3) is 0 Å². The number of carbonyl (C=O) groups excluding carboxylic acids is 1. The van der Waals surface area contributed by atoms with Gasteiger partial charge in [-0.1, -0.05) is 0 Å². The van der Waals surface area contributed by atoms with Crippen LogP contribution < -0.4 is 11.1 Å². The Morgan fingerprint density at radius 2 is 2.20 bits per heavy atom. The predicted octanol–water partition coefficient (Wildman–Crippen LogP) is 1.63. The standard InChI is InChI=1S/C10H11FN2O.ClH/c11-6-1-2-9-8(5-6)7(3-4-12)10(14)13-9;/h1-2,5,7H,3-4,12H2,(H,13,14);1H. The first-order chi connectivity index (χ1) is 6.72. The summed E-state index contributed by atoms with van der Waals surface area (Å²) in [5.74, 6) is -0.691. The van der Waals surface area contributed by atoms with E-state index in [-0.39, 0.29) is 30.0 Å².